The quantitative estimate of drug-likeness (QED) is 0.707. The molecule has 1 aliphatic rings. The Balaban J connectivity index is 2.10. The van der Waals surface area contributed by atoms with Gasteiger partial charge in [-0.15, -0.1) is 0 Å². The van der Waals surface area contributed by atoms with Crippen molar-refractivity contribution >= 4 is 11.6 Å². The van der Waals surface area contributed by atoms with Gasteiger partial charge < -0.3 is 15.7 Å². The Bertz CT molecular complexity index is 375. The van der Waals surface area contributed by atoms with Gasteiger partial charge in [0.2, 0.25) is 0 Å². The first-order valence-corrected chi connectivity index (χ1v) is 4.82. The van der Waals surface area contributed by atoms with Crippen molar-refractivity contribution in [3.63, 3.8) is 0 Å². The molecular weight excluding hydrogens is 194 g/mol. The number of pyridine rings is 1. The predicted octanol–water partition coefficient (Wildman–Crippen LogP) is -0.391. The second-order valence-electron chi connectivity index (χ2n) is 3.72. The fraction of sp³-hybridized carbons (Fsp3) is 0.400. The van der Waals surface area contributed by atoms with Gasteiger partial charge in [0.1, 0.15) is 5.69 Å². The number of hydrogen-bond acceptors (Lipinski definition) is 4. The Hall–Kier alpha value is -1.62. The number of aliphatic hydroxyl groups excluding tert-OH is 1. The van der Waals surface area contributed by atoms with Crippen LogP contribution in [0.2, 0.25) is 0 Å². The molecule has 1 fully saturated rings. The summed E-state index contributed by atoms with van der Waals surface area (Å²) in [5.74, 6) is -0.175. The Kier molecular flexibility index (Phi) is 2.55. The van der Waals surface area contributed by atoms with E-state index < -0.39 is 5.91 Å². The number of hydrogen-bond donors (Lipinski definition) is 2. The minimum Gasteiger partial charge on any atom is -0.396 e. The van der Waals surface area contributed by atoms with Gasteiger partial charge >= 0.3 is 0 Å². The molecule has 1 aromatic heterocycles. The molecule has 1 aliphatic heterocycles. The zero-order chi connectivity index (χ0) is 10.8. The van der Waals surface area contributed by atoms with Gasteiger partial charge in [-0.25, -0.2) is 0 Å². The molecule has 1 aromatic rings. The van der Waals surface area contributed by atoms with Gasteiger partial charge in [0.25, 0.3) is 5.91 Å². The minimum absolute atomic E-state index is 0.213. The van der Waals surface area contributed by atoms with Crippen molar-refractivity contribution in [1.82, 2.24) is 4.98 Å². The van der Waals surface area contributed by atoms with Crippen LogP contribution >= 0.6 is 0 Å². The Morgan fingerprint density at radius 2 is 2.40 bits per heavy atom. The van der Waals surface area contributed by atoms with Crippen LogP contribution in [-0.4, -0.2) is 35.7 Å². The normalized spacial score (nSPS) is 16.2. The highest BCUT2D eigenvalue weighted by Gasteiger charge is 2.26. The van der Waals surface area contributed by atoms with Gasteiger partial charge in [-0.3, -0.25) is 9.78 Å². The van der Waals surface area contributed by atoms with Gasteiger partial charge in [0.15, 0.2) is 0 Å². The highest BCUT2D eigenvalue weighted by molar-refractivity contribution is 5.91. The number of nitrogens with two attached hydrogens (primary N) is 1. The molecule has 1 amide bonds. The zero-order valence-electron chi connectivity index (χ0n) is 8.26. The number of aromatic nitrogens is 1. The minimum atomic E-state index is -0.518. The lowest BCUT2D eigenvalue weighted by molar-refractivity contribution is 0.0995. The van der Waals surface area contributed by atoms with Crippen LogP contribution in [0.15, 0.2) is 18.3 Å². The maximum atomic E-state index is 10.9. The molecule has 2 heterocycles. The number of aliphatic hydroxyl groups is 1. The molecule has 2 rings (SSSR count). The summed E-state index contributed by atoms with van der Waals surface area (Å²) < 4.78 is 0. The lowest BCUT2D eigenvalue weighted by Crippen LogP contribution is -2.48. The van der Waals surface area contributed by atoms with Crippen LogP contribution in [0, 0.1) is 5.92 Å². The van der Waals surface area contributed by atoms with E-state index in [1.807, 2.05) is 6.07 Å². The second kappa shape index (κ2) is 3.86. The summed E-state index contributed by atoms with van der Waals surface area (Å²) in [6.45, 7) is 1.85. The summed E-state index contributed by atoms with van der Waals surface area (Å²) in [7, 11) is 0. The van der Waals surface area contributed by atoms with E-state index in [9.17, 15) is 4.79 Å². The number of primary amides is 1. The fourth-order valence-electron chi connectivity index (χ4n) is 1.65. The smallest absolute Gasteiger partial charge is 0.267 e. The average Bonchev–Trinajstić information content (AvgIpc) is 2.16. The van der Waals surface area contributed by atoms with Gasteiger partial charge in [-0.2, -0.15) is 0 Å². The van der Waals surface area contributed by atoms with E-state index in [0.29, 0.717) is 5.92 Å². The Labute approximate surface area is 87.5 Å². The third-order valence-corrected chi connectivity index (χ3v) is 2.58. The lowest BCUT2D eigenvalue weighted by Gasteiger charge is -2.40. The second-order valence-corrected chi connectivity index (χ2v) is 3.72. The number of carbonyl (C=O) groups excluding carboxylic acids is 1. The standard InChI is InChI=1S/C10H13N3O2/c11-10(15)9-3-8(1-2-12-9)13-4-7(5-13)6-14/h1-3,7,14H,4-6H2,(H2,11,15). The van der Waals surface area contributed by atoms with Crippen LogP contribution in [0.1, 0.15) is 10.5 Å². The van der Waals surface area contributed by atoms with E-state index in [1.165, 1.54) is 0 Å². The van der Waals surface area contributed by atoms with Crippen molar-refractivity contribution in [1.29, 1.82) is 0 Å². The van der Waals surface area contributed by atoms with Crippen LogP contribution < -0.4 is 10.6 Å². The van der Waals surface area contributed by atoms with Crippen molar-refractivity contribution in [2.24, 2.45) is 11.7 Å². The van der Waals surface area contributed by atoms with E-state index in [-0.39, 0.29) is 12.3 Å². The highest BCUT2D eigenvalue weighted by atomic mass is 16.3. The monoisotopic (exact) mass is 207 g/mol. The first-order valence-electron chi connectivity index (χ1n) is 4.82. The maximum Gasteiger partial charge on any atom is 0.267 e. The van der Waals surface area contributed by atoms with Gasteiger partial charge in [-0.05, 0) is 12.1 Å². The van der Waals surface area contributed by atoms with E-state index in [0.717, 1.165) is 18.8 Å². The average molecular weight is 207 g/mol. The number of anilines is 1. The molecule has 0 radical (unpaired) electrons. The van der Waals surface area contributed by atoms with Crippen molar-refractivity contribution < 1.29 is 9.90 Å². The summed E-state index contributed by atoms with van der Waals surface area (Å²) in [6.07, 6.45) is 1.57. The predicted molar refractivity (Wildman–Crippen MR) is 55.5 cm³/mol. The van der Waals surface area contributed by atoms with Crippen molar-refractivity contribution in [3.8, 4) is 0 Å². The fourth-order valence-corrected chi connectivity index (χ4v) is 1.65. The van der Waals surface area contributed by atoms with E-state index >= 15 is 0 Å². The molecule has 3 N–H and O–H groups in total. The largest absolute Gasteiger partial charge is 0.396 e. The summed E-state index contributed by atoms with van der Waals surface area (Å²) in [5.41, 5.74) is 6.35. The van der Waals surface area contributed by atoms with E-state index in [4.69, 9.17) is 10.8 Å². The summed E-state index contributed by atoms with van der Waals surface area (Å²) >= 11 is 0. The number of carbonyl (C=O) groups is 1. The summed E-state index contributed by atoms with van der Waals surface area (Å²) in [6, 6.07) is 3.51. The molecule has 5 heteroatoms. The van der Waals surface area contributed by atoms with Gasteiger partial charge in [0, 0.05) is 37.5 Å². The van der Waals surface area contributed by atoms with Crippen molar-refractivity contribution in [2.75, 3.05) is 24.6 Å². The summed E-state index contributed by atoms with van der Waals surface area (Å²) in [4.78, 5) is 16.9. The Morgan fingerprint density at radius 1 is 1.67 bits per heavy atom. The highest BCUT2D eigenvalue weighted by Crippen LogP contribution is 2.24. The molecule has 0 unspecified atom stereocenters. The van der Waals surface area contributed by atoms with Crippen LogP contribution in [0.3, 0.4) is 0 Å². The molecule has 80 valence electrons. The van der Waals surface area contributed by atoms with E-state index in [2.05, 4.69) is 9.88 Å². The van der Waals surface area contributed by atoms with Gasteiger partial charge in [0.05, 0.1) is 0 Å². The molecular formula is C10H13N3O2. The Morgan fingerprint density at radius 3 is 3.00 bits per heavy atom. The maximum absolute atomic E-state index is 10.9. The van der Waals surface area contributed by atoms with Crippen LogP contribution in [0.5, 0.6) is 0 Å². The molecule has 5 nitrogen and oxygen atoms in total. The zero-order valence-corrected chi connectivity index (χ0v) is 8.26. The molecule has 0 bridgehead atoms. The van der Waals surface area contributed by atoms with Crippen LogP contribution in [-0.2, 0) is 0 Å². The van der Waals surface area contributed by atoms with E-state index in [1.54, 1.807) is 12.3 Å². The topological polar surface area (TPSA) is 79.5 Å². The molecule has 0 aromatic carbocycles. The molecule has 0 aliphatic carbocycles. The molecule has 0 saturated carbocycles. The lowest BCUT2D eigenvalue weighted by atomic mass is 10.0. The molecule has 15 heavy (non-hydrogen) atoms. The summed E-state index contributed by atoms with van der Waals surface area (Å²) in [5, 5.41) is 8.88. The van der Waals surface area contributed by atoms with Crippen LogP contribution in [0.25, 0.3) is 0 Å². The third kappa shape index (κ3) is 1.92. The van der Waals surface area contributed by atoms with Gasteiger partial charge in [-0.1, -0.05) is 0 Å². The number of amides is 1. The number of nitrogens with zero attached hydrogens (tertiary/aromatic N) is 2. The van der Waals surface area contributed by atoms with Crippen molar-refractivity contribution in [3.05, 3.63) is 24.0 Å². The van der Waals surface area contributed by atoms with Crippen LogP contribution in [0.4, 0.5) is 5.69 Å². The van der Waals surface area contributed by atoms with Crippen molar-refractivity contribution in [2.45, 2.75) is 0 Å². The SMILES string of the molecule is NC(=O)c1cc(N2CC(CO)C2)ccn1. The third-order valence-electron chi connectivity index (χ3n) is 2.58. The first kappa shape index (κ1) is 9.92. The molecule has 0 spiro atoms. The number of rotatable bonds is 3. The molecule has 1 saturated heterocycles. The molecule has 0 atom stereocenters. The first-order chi connectivity index (χ1) is 7.20.